The molecule has 2 N–H and O–H groups in total. The van der Waals surface area contributed by atoms with Crippen LogP contribution in [0.2, 0.25) is 0 Å². The third kappa shape index (κ3) is 1.75. The first-order chi connectivity index (χ1) is 6.27. The van der Waals surface area contributed by atoms with Crippen LogP contribution in [0.25, 0.3) is 0 Å². The number of hydrogen-bond donors (Lipinski definition) is 1. The molecule has 0 bridgehead atoms. The zero-order valence-electron chi connectivity index (χ0n) is 8.11. The number of rotatable bonds is 2. The summed E-state index contributed by atoms with van der Waals surface area (Å²) in [7, 11) is 1.94. The third-order valence-corrected chi connectivity index (χ3v) is 3.02. The van der Waals surface area contributed by atoms with Crippen LogP contribution in [0, 0.1) is 5.92 Å². The summed E-state index contributed by atoms with van der Waals surface area (Å²) < 4.78 is 1.82. The molecular weight excluding hydrogens is 162 g/mol. The minimum Gasteiger partial charge on any atom is -0.324 e. The molecule has 1 aromatic rings. The molecule has 72 valence electrons. The average molecular weight is 179 g/mol. The van der Waals surface area contributed by atoms with Crippen molar-refractivity contribution < 1.29 is 0 Å². The fourth-order valence-electron chi connectivity index (χ4n) is 2.20. The number of hydrogen-bond acceptors (Lipinski definition) is 2. The average Bonchev–Trinajstić information content (AvgIpc) is 2.72. The topological polar surface area (TPSA) is 43.8 Å². The van der Waals surface area contributed by atoms with E-state index in [1.807, 2.05) is 24.1 Å². The first kappa shape index (κ1) is 8.75. The molecule has 3 heteroatoms. The molecule has 13 heavy (non-hydrogen) atoms. The highest BCUT2D eigenvalue weighted by atomic mass is 15.2. The summed E-state index contributed by atoms with van der Waals surface area (Å²) in [6.45, 7) is 0. The van der Waals surface area contributed by atoms with Crippen molar-refractivity contribution in [3.63, 3.8) is 0 Å². The van der Waals surface area contributed by atoms with Crippen LogP contribution in [0.3, 0.4) is 0 Å². The Morgan fingerprint density at radius 3 is 2.77 bits per heavy atom. The monoisotopic (exact) mass is 179 g/mol. The molecule has 0 radical (unpaired) electrons. The summed E-state index contributed by atoms with van der Waals surface area (Å²) in [5, 5.41) is 4.15. The standard InChI is InChI=1S/C10H17N3/c1-13-7-9(6-12-13)10(11)8-4-2-3-5-8/h6-8,10H,2-5,11H2,1H3. The van der Waals surface area contributed by atoms with E-state index in [0.717, 1.165) is 0 Å². The summed E-state index contributed by atoms with van der Waals surface area (Å²) in [5.41, 5.74) is 7.35. The van der Waals surface area contributed by atoms with Gasteiger partial charge in [-0.2, -0.15) is 5.10 Å². The molecule has 0 saturated heterocycles. The molecule has 1 fully saturated rings. The second-order valence-corrected chi connectivity index (χ2v) is 4.02. The molecule has 1 saturated carbocycles. The zero-order chi connectivity index (χ0) is 9.26. The van der Waals surface area contributed by atoms with Crippen molar-refractivity contribution in [2.45, 2.75) is 31.7 Å². The molecular formula is C10H17N3. The Hall–Kier alpha value is -0.830. The lowest BCUT2D eigenvalue weighted by Gasteiger charge is -2.16. The van der Waals surface area contributed by atoms with Crippen LogP contribution < -0.4 is 5.73 Å². The Balaban J connectivity index is 2.07. The minimum atomic E-state index is 0.205. The van der Waals surface area contributed by atoms with Crippen molar-refractivity contribution in [1.82, 2.24) is 9.78 Å². The molecule has 1 aliphatic carbocycles. The highest BCUT2D eigenvalue weighted by Crippen LogP contribution is 2.33. The quantitative estimate of drug-likeness (QED) is 0.749. The van der Waals surface area contributed by atoms with Crippen LogP contribution in [-0.2, 0) is 7.05 Å². The van der Waals surface area contributed by atoms with Crippen LogP contribution in [0.1, 0.15) is 37.3 Å². The molecule has 1 aromatic heterocycles. The molecule has 1 unspecified atom stereocenters. The number of nitrogens with zero attached hydrogens (tertiary/aromatic N) is 2. The highest BCUT2D eigenvalue weighted by Gasteiger charge is 2.23. The molecule has 0 amide bonds. The van der Waals surface area contributed by atoms with Crippen LogP contribution in [0.4, 0.5) is 0 Å². The first-order valence-electron chi connectivity index (χ1n) is 5.01. The van der Waals surface area contributed by atoms with E-state index in [2.05, 4.69) is 5.10 Å². The van der Waals surface area contributed by atoms with E-state index in [1.54, 1.807) is 0 Å². The van der Waals surface area contributed by atoms with E-state index in [1.165, 1.54) is 31.2 Å². The lowest BCUT2D eigenvalue weighted by molar-refractivity contribution is 0.444. The normalized spacial score (nSPS) is 20.8. The SMILES string of the molecule is Cn1cc(C(N)C2CCCC2)cn1. The number of aryl methyl sites for hydroxylation is 1. The Morgan fingerprint density at radius 1 is 1.54 bits per heavy atom. The van der Waals surface area contributed by atoms with Crippen LogP contribution in [-0.4, -0.2) is 9.78 Å². The maximum atomic E-state index is 6.16. The number of aromatic nitrogens is 2. The van der Waals surface area contributed by atoms with E-state index in [0.29, 0.717) is 5.92 Å². The van der Waals surface area contributed by atoms with Gasteiger partial charge in [0.15, 0.2) is 0 Å². The molecule has 0 aliphatic heterocycles. The predicted molar refractivity (Wildman–Crippen MR) is 52.1 cm³/mol. The first-order valence-corrected chi connectivity index (χ1v) is 5.01. The Labute approximate surface area is 78.9 Å². The lowest BCUT2D eigenvalue weighted by atomic mass is 9.95. The molecule has 1 atom stereocenters. The van der Waals surface area contributed by atoms with Crippen molar-refractivity contribution in [3.8, 4) is 0 Å². The van der Waals surface area contributed by atoms with Crippen molar-refractivity contribution in [2.24, 2.45) is 18.7 Å². The summed E-state index contributed by atoms with van der Waals surface area (Å²) in [5.74, 6) is 0.684. The van der Waals surface area contributed by atoms with Crippen molar-refractivity contribution in [3.05, 3.63) is 18.0 Å². The minimum absolute atomic E-state index is 0.205. The maximum absolute atomic E-state index is 6.16. The van der Waals surface area contributed by atoms with Crippen molar-refractivity contribution >= 4 is 0 Å². The van der Waals surface area contributed by atoms with Crippen molar-refractivity contribution in [2.75, 3.05) is 0 Å². The highest BCUT2D eigenvalue weighted by molar-refractivity contribution is 5.11. The van der Waals surface area contributed by atoms with E-state index >= 15 is 0 Å². The van der Waals surface area contributed by atoms with Gasteiger partial charge in [-0.1, -0.05) is 12.8 Å². The van der Waals surface area contributed by atoms with Crippen LogP contribution in [0.5, 0.6) is 0 Å². The van der Waals surface area contributed by atoms with E-state index in [-0.39, 0.29) is 6.04 Å². The summed E-state index contributed by atoms with van der Waals surface area (Å²) in [6.07, 6.45) is 9.19. The van der Waals surface area contributed by atoms with E-state index in [4.69, 9.17) is 5.73 Å². The second kappa shape index (κ2) is 3.50. The van der Waals surface area contributed by atoms with Gasteiger partial charge in [0, 0.05) is 24.8 Å². The largest absolute Gasteiger partial charge is 0.324 e. The van der Waals surface area contributed by atoms with Gasteiger partial charge in [-0.15, -0.1) is 0 Å². The van der Waals surface area contributed by atoms with Gasteiger partial charge in [-0.25, -0.2) is 0 Å². The van der Waals surface area contributed by atoms with Gasteiger partial charge in [-0.3, -0.25) is 4.68 Å². The van der Waals surface area contributed by atoms with Gasteiger partial charge in [0.1, 0.15) is 0 Å². The van der Waals surface area contributed by atoms with Gasteiger partial charge < -0.3 is 5.73 Å². The van der Waals surface area contributed by atoms with Crippen LogP contribution in [0.15, 0.2) is 12.4 Å². The fourth-order valence-corrected chi connectivity index (χ4v) is 2.20. The fraction of sp³-hybridized carbons (Fsp3) is 0.700. The Kier molecular flexibility index (Phi) is 2.36. The van der Waals surface area contributed by atoms with Gasteiger partial charge in [0.05, 0.1) is 6.20 Å². The maximum Gasteiger partial charge on any atom is 0.0537 e. The van der Waals surface area contributed by atoms with Gasteiger partial charge in [0.2, 0.25) is 0 Å². The van der Waals surface area contributed by atoms with E-state index < -0.39 is 0 Å². The summed E-state index contributed by atoms with van der Waals surface area (Å²) >= 11 is 0. The van der Waals surface area contributed by atoms with Gasteiger partial charge in [0.25, 0.3) is 0 Å². The molecule has 0 aromatic carbocycles. The van der Waals surface area contributed by atoms with Crippen LogP contribution >= 0.6 is 0 Å². The molecule has 3 nitrogen and oxygen atoms in total. The number of nitrogens with two attached hydrogens (primary N) is 1. The summed E-state index contributed by atoms with van der Waals surface area (Å²) in [4.78, 5) is 0. The molecule has 2 rings (SSSR count). The second-order valence-electron chi connectivity index (χ2n) is 4.02. The predicted octanol–water partition coefficient (Wildman–Crippen LogP) is 1.61. The zero-order valence-corrected chi connectivity index (χ0v) is 8.11. The summed E-state index contributed by atoms with van der Waals surface area (Å²) in [6, 6.07) is 0.205. The molecule has 1 aliphatic rings. The third-order valence-electron chi connectivity index (χ3n) is 3.02. The Bertz CT molecular complexity index is 273. The smallest absolute Gasteiger partial charge is 0.0537 e. The molecule has 1 heterocycles. The Morgan fingerprint density at radius 2 is 2.23 bits per heavy atom. The van der Waals surface area contributed by atoms with Crippen molar-refractivity contribution in [1.29, 1.82) is 0 Å². The molecule has 0 spiro atoms. The van der Waals surface area contributed by atoms with Gasteiger partial charge >= 0.3 is 0 Å². The van der Waals surface area contributed by atoms with Gasteiger partial charge in [-0.05, 0) is 18.8 Å². The van der Waals surface area contributed by atoms with E-state index in [9.17, 15) is 0 Å². The lowest BCUT2D eigenvalue weighted by Crippen LogP contribution is -2.18.